The summed E-state index contributed by atoms with van der Waals surface area (Å²) in [5, 5.41) is 33.4. The van der Waals surface area contributed by atoms with Gasteiger partial charge in [0.25, 0.3) is 0 Å². The second kappa shape index (κ2) is 33.3. The number of carboxylic acid groups (broad SMARTS) is 3. The summed E-state index contributed by atoms with van der Waals surface area (Å²) in [6, 6.07) is 38.9. The summed E-state index contributed by atoms with van der Waals surface area (Å²) < 4.78 is 0. The molecule has 0 amide bonds. The van der Waals surface area contributed by atoms with E-state index in [1.165, 1.54) is 129 Å². The first-order valence-corrected chi connectivity index (χ1v) is 22.1. The van der Waals surface area contributed by atoms with Crippen molar-refractivity contribution < 1.29 is 64.2 Å². The Morgan fingerprint density at radius 3 is 1.02 bits per heavy atom. The standard InChI is InChI=1S/2C21H23N.3C4H6O3.Ir/c2*1-2-3-4-5-8-17-11-13-19(14-12-17)21-20-10-7-6-9-18(20)15-16-22-21;3*1-3(5)2-4(6)7;/h2*6-7,9-16H,2-5,8H2,1H3;3*2H2,1H3,(H,6,7);/q;;;;;+3/p-3. The minimum Gasteiger partial charge on any atom is -0.550 e. The Morgan fingerprint density at radius 2 is 0.742 bits per heavy atom. The van der Waals surface area contributed by atoms with E-state index in [9.17, 15) is 44.1 Å². The number of rotatable bonds is 18. The Balaban J connectivity index is 0.000000461. The Hall–Kier alpha value is -6.23. The topological polar surface area (TPSA) is 197 Å². The van der Waals surface area contributed by atoms with Gasteiger partial charge in [0.2, 0.25) is 0 Å². The molecule has 6 rings (SSSR count). The number of hydrogen-bond acceptors (Lipinski definition) is 11. The average molecular weight is 1070 g/mol. The molecule has 66 heavy (non-hydrogen) atoms. The summed E-state index contributed by atoms with van der Waals surface area (Å²) in [4.78, 5) is 67.1. The van der Waals surface area contributed by atoms with Crippen LogP contribution in [0.4, 0.5) is 0 Å². The molecule has 350 valence electrons. The van der Waals surface area contributed by atoms with Gasteiger partial charge in [0.05, 0.1) is 11.4 Å². The van der Waals surface area contributed by atoms with Crippen molar-refractivity contribution >= 4 is 56.8 Å². The molecule has 0 radical (unpaired) electrons. The quantitative estimate of drug-likeness (QED) is 0.0594. The first kappa shape index (κ1) is 57.8. The Bertz CT molecular complexity index is 2180. The molecule has 6 aromatic rings. The molecule has 0 unspecified atom stereocenters. The van der Waals surface area contributed by atoms with E-state index >= 15 is 0 Å². The fourth-order valence-electron chi connectivity index (χ4n) is 6.48. The summed E-state index contributed by atoms with van der Waals surface area (Å²) in [6.45, 7) is 8.12. The van der Waals surface area contributed by atoms with Crippen LogP contribution in [0.5, 0.6) is 0 Å². The Morgan fingerprint density at radius 1 is 0.424 bits per heavy atom. The van der Waals surface area contributed by atoms with Crippen molar-refractivity contribution in [2.75, 3.05) is 0 Å². The van der Waals surface area contributed by atoms with Crippen LogP contribution in [0.2, 0.25) is 0 Å². The maximum Gasteiger partial charge on any atom is 3.00 e. The number of Topliss-reactive ketones (excluding diaryl/α,β-unsaturated/α-hetero) is 3. The van der Waals surface area contributed by atoms with Gasteiger partial charge in [-0.3, -0.25) is 24.4 Å². The number of pyridine rings is 2. The van der Waals surface area contributed by atoms with E-state index in [0.717, 1.165) is 11.4 Å². The molecular formula is C54H61IrN2O9. The number of hydrogen-bond donors (Lipinski definition) is 0. The fourth-order valence-corrected chi connectivity index (χ4v) is 6.48. The van der Waals surface area contributed by atoms with E-state index < -0.39 is 37.2 Å². The molecule has 0 spiro atoms. The van der Waals surface area contributed by atoms with E-state index in [0.29, 0.717) is 0 Å². The van der Waals surface area contributed by atoms with Gasteiger partial charge < -0.3 is 29.7 Å². The molecule has 0 atom stereocenters. The largest absolute Gasteiger partial charge is 3.00 e. The third-order valence-electron chi connectivity index (χ3n) is 9.62. The van der Waals surface area contributed by atoms with Crippen molar-refractivity contribution in [2.24, 2.45) is 0 Å². The van der Waals surface area contributed by atoms with Crippen LogP contribution in [-0.2, 0) is 61.7 Å². The van der Waals surface area contributed by atoms with Crippen LogP contribution in [0.25, 0.3) is 44.1 Å². The average Bonchev–Trinajstić information content (AvgIpc) is 3.26. The second-order valence-corrected chi connectivity index (χ2v) is 15.5. The number of carbonyl (C=O) groups is 6. The first-order chi connectivity index (χ1) is 31.1. The minimum atomic E-state index is -1.31. The molecule has 0 saturated carbocycles. The predicted octanol–water partition coefficient (Wildman–Crippen LogP) is 8.19. The number of aryl methyl sites for hydroxylation is 2. The zero-order chi connectivity index (χ0) is 48.0. The van der Waals surface area contributed by atoms with E-state index in [1.54, 1.807) is 0 Å². The second-order valence-electron chi connectivity index (χ2n) is 15.5. The van der Waals surface area contributed by atoms with Crippen LogP contribution in [0.3, 0.4) is 0 Å². The predicted molar refractivity (Wildman–Crippen MR) is 251 cm³/mol. The summed E-state index contributed by atoms with van der Waals surface area (Å²) >= 11 is 0. The van der Waals surface area contributed by atoms with E-state index in [4.69, 9.17) is 0 Å². The smallest absolute Gasteiger partial charge is 0.550 e. The number of ketones is 3. The van der Waals surface area contributed by atoms with Gasteiger partial charge in [-0.1, -0.05) is 149 Å². The molecular weight excluding hydrogens is 1010 g/mol. The fraction of sp³-hybridized carbons (Fsp3) is 0.333. The van der Waals surface area contributed by atoms with Gasteiger partial charge in [-0.25, -0.2) is 0 Å². The number of carboxylic acids is 3. The minimum absolute atomic E-state index is 0. The van der Waals surface area contributed by atoms with Crippen molar-refractivity contribution in [1.82, 2.24) is 9.97 Å². The summed E-state index contributed by atoms with van der Waals surface area (Å²) in [5.41, 5.74) is 7.43. The zero-order valence-corrected chi connectivity index (χ0v) is 41.0. The number of nitrogens with zero attached hydrogens (tertiary/aromatic N) is 2. The van der Waals surface area contributed by atoms with Crippen LogP contribution in [-0.4, -0.2) is 45.2 Å². The number of aliphatic carboxylic acids is 3. The van der Waals surface area contributed by atoms with Crippen molar-refractivity contribution in [3.8, 4) is 22.5 Å². The van der Waals surface area contributed by atoms with E-state index in [1.807, 2.05) is 12.4 Å². The van der Waals surface area contributed by atoms with E-state index in [-0.39, 0.29) is 37.5 Å². The van der Waals surface area contributed by atoms with Crippen molar-refractivity contribution in [2.45, 2.75) is 118 Å². The molecule has 11 nitrogen and oxygen atoms in total. The third-order valence-corrected chi connectivity index (χ3v) is 9.62. The molecule has 0 N–H and O–H groups in total. The molecule has 4 aromatic carbocycles. The number of aromatic nitrogens is 2. The Labute approximate surface area is 402 Å². The number of benzene rings is 4. The van der Waals surface area contributed by atoms with Gasteiger partial charge in [-0.05, 0) is 80.5 Å². The molecule has 0 aliphatic carbocycles. The summed E-state index contributed by atoms with van der Waals surface area (Å²) in [6.07, 6.45) is 15.3. The number of fused-ring (bicyclic) bond motifs is 2. The van der Waals surface area contributed by atoms with Crippen molar-refractivity contribution in [3.05, 3.63) is 133 Å². The van der Waals surface area contributed by atoms with Crippen LogP contribution >= 0.6 is 0 Å². The molecule has 12 heteroatoms. The molecule has 0 saturated heterocycles. The SMILES string of the molecule is CC(=O)CC(=O)[O-].CC(=O)CC(=O)[O-].CC(=O)CC(=O)[O-].CCCCCCc1ccc(-c2nccc3ccccc23)cc1.CCCCCCc1ccc(-c2nccc3ccccc23)cc1.[Ir+3]. The van der Waals surface area contributed by atoms with Crippen LogP contribution in [0.1, 0.15) is 116 Å². The molecule has 0 bridgehead atoms. The molecule has 0 aliphatic heterocycles. The van der Waals surface area contributed by atoms with Crippen LogP contribution < -0.4 is 15.3 Å². The van der Waals surface area contributed by atoms with Crippen molar-refractivity contribution in [3.63, 3.8) is 0 Å². The summed E-state index contributed by atoms with van der Waals surface area (Å²) in [5.74, 6) is -5.06. The third kappa shape index (κ3) is 24.2. The van der Waals surface area contributed by atoms with Gasteiger partial charge in [0.1, 0.15) is 17.3 Å². The van der Waals surface area contributed by atoms with Crippen LogP contribution in [0.15, 0.2) is 122 Å². The molecule has 0 fully saturated rings. The molecule has 2 heterocycles. The maximum absolute atomic E-state index is 9.83. The number of unbranched alkanes of at least 4 members (excludes halogenated alkanes) is 6. The first-order valence-electron chi connectivity index (χ1n) is 22.1. The zero-order valence-electron chi connectivity index (χ0n) is 38.6. The van der Waals surface area contributed by atoms with Gasteiger partial charge >= 0.3 is 20.1 Å². The van der Waals surface area contributed by atoms with Gasteiger partial charge in [-0.2, -0.15) is 0 Å². The van der Waals surface area contributed by atoms with Crippen molar-refractivity contribution in [1.29, 1.82) is 0 Å². The summed E-state index contributed by atoms with van der Waals surface area (Å²) in [7, 11) is 0. The monoisotopic (exact) mass is 1070 g/mol. The Kier molecular flexibility index (Phi) is 29.1. The van der Waals surface area contributed by atoms with E-state index in [2.05, 4.69) is 133 Å². The van der Waals surface area contributed by atoms with Gasteiger partial charge in [-0.15, -0.1) is 0 Å². The van der Waals surface area contributed by atoms with Gasteiger partial charge in [0, 0.05) is 71.5 Å². The maximum atomic E-state index is 9.83. The normalized spacial score (nSPS) is 9.89. The molecule has 2 aromatic heterocycles. The number of carbonyl (C=O) groups excluding carboxylic acids is 6. The van der Waals surface area contributed by atoms with Crippen LogP contribution in [0, 0.1) is 0 Å². The molecule has 0 aliphatic rings. The van der Waals surface area contributed by atoms with Gasteiger partial charge in [0.15, 0.2) is 0 Å².